The topological polar surface area (TPSA) is 212 Å². The Morgan fingerprint density at radius 2 is 1.55 bits per heavy atom. The van der Waals surface area contributed by atoms with Crippen molar-refractivity contribution in [1.29, 1.82) is 0 Å². The maximum Gasteiger partial charge on any atom is 0.341 e. The Morgan fingerprint density at radius 3 is 2.16 bits per heavy atom. The zero-order chi connectivity index (χ0) is 49.6. The van der Waals surface area contributed by atoms with Crippen LogP contribution in [-0.2, 0) is 35.1 Å². The zero-order valence-electron chi connectivity index (χ0n) is 40.5. The van der Waals surface area contributed by atoms with Gasteiger partial charge in [-0.05, 0) is 53.2 Å². The van der Waals surface area contributed by atoms with Crippen molar-refractivity contribution in [3.8, 4) is 17.2 Å². The van der Waals surface area contributed by atoms with Crippen LogP contribution in [0.5, 0.6) is 17.2 Å². The minimum Gasteiger partial charge on any atom is -0.507 e. The van der Waals surface area contributed by atoms with Gasteiger partial charge in [0, 0.05) is 78.8 Å². The van der Waals surface area contributed by atoms with Crippen molar-refractivity contribution in [2.24, 2.45) is 23.7 Å². The number of hydrogen-bond acceptors (Lipinski definition) is 13. The highest BCUT2D eigenvalue weighted by molar-refractivity contribution is 6.31. The van der Waals surface area contributed by atoms with Crippen LogP contribution in [0.2, 0.25) is 0 Å². The summed E-state index contributed by atoms with van der Waals surface area (Å²) in [7, 11) is 1.45. The molecule has 1 amide bonds. The number of amides is 1. The number of nitrogens with one attached hydrogen (secondary N) is 1. The number of carbonyl (C=O) groups is 4. The maximum absolute atomic E-state index is 15.1. The third kappa shape index (κ3) is 9.54. The molecule has 360 valence electrons. The van der Waals surface area contributed by atoms with Crippen LogP contribution in [0, 0.1) is 37.5 Å². The van der Waals surface area contributed by atoms with Crippen LogP contribution in [0.15, 0.2) is 66.5 Å². The Bertz CT molecular complexity index is 2690. The van der Waals surface area contributed by atoms with Gasteiger partial charge in [-0.3, -0.25) is 14.4 Å². The van der Waals surface area contributed by atoms with Gasteiger partial charge in [0.1, 0.15) is 23.2 Å². The molecule has 0 spiro atoms. The zero-order valence-corrected chi connectivity index (χ0v) is 40.5. The quantitative estimate of drug-likeness (QED) is 0.0943. The average molecular weight is 925 g/mol. The van der Waals surface area contributed by atoms with Gasteiger partial charge in [-0.2, -0.15) is 0 Å². The van der Waals surface area contributed by atoms with E-state index >= 15 is 4.79 Å². The second-order valence-corrected chi connectivity index (χ2v) is 19.1. The number of Topliss-reactive ketones (excluding diaryl/α,β-unsaturated/α-hetero) is 1. The minimum absolute atomic E-state index is 0.00123. The molecule has 0 fully saturated rings. The molecule has 4 bridgehead atoms. The minimum atomic E-state index is -2.06. The Hall–Kier alpha value is -6.16. The van der Waals surface area contributed by atoms with Gasteiger partial charge in [-0.15, -0.1) is 0 Å². The number of phenols is 2. The van der Waals surface area contributed by atoms with E-state index in [0.29, 0.717) is 5.69 Å². The molecule has 3 heterocycles. The van der Waals surface area contributed by atoms with Crippen molar-refractivity contribution in [2.75, 3.05) is 12.4 Å². The fourth-order valence-electron chi connectivity index (χ4n) is 9.26. The molecule has 4 aromatic rings. The smallest absolute Gasteiger partial charge is 0.341 e. The van der Waals surface area contributed by atoms with E-state index in [1.165, 1.54) is 53.2 Å². The van der Waals surface area contributed by atoms with Gasteiger partial charge in [0.25, 0.3) is 11.7 Å². The Kier molecular flexibility index (Phi) is 14.4. The van der Waals surface area contributed by atoms with Crippen molar-refractivity contribution in [3.05, 3.63) is 94.4 Å². The van der Waals surface area contributed by atoms with Crippen LogP contribution >= 0.6 is 0 Å². The molecule has 9 atom stereocenters. The van der Waals surface area contributed by atoms with E-state index in [4.69, 9.17) is 23.7 Å². The summed E-state index contributed by atoms with van der Waals surface area (Å²) in [6, 6.07) is 9.34. The molecule has 0 saturated heterocycles. The highest BCUT2D eigenvalue weighted by Gasteiger charge is 2.50. The van der Waals surface area contributed by atoms with Gasteiger partial charge in [0.05, 0.1) is 52.3 Å². The fraction of sp³-hybridized carbons (Fsp3) is 0.462. The second-order valence-electron chi connectivity index (χ2n) is 19.1. The number of ketones is 1. The first-order valence-electron chi connectivity index (χ1n) is 22.5. The van der Waals surface area contributed by atoms with Crippen molar-refractivity contribution >= 4 is 51.0 Å². The molecule has 15 heteroatoms. The highest BCUT2D eigenvalue weighted by Crippen LogP contribution is 2.55. The lowest BCUT2D eigenvalue weighted by molar-refractivity contribution is -0.160. The molecular weight excluding hydrogens is 861 g/mol. The van der Waals surface area contributed by atoms with Crippen molar-refractivity contribution in [3.63, 3.8) is 0 Å². The summed E-state index contributed by atoms with van der Waals surface area (Å²) in [5, 5.41) is 50.5. The number of aromatic nitrogens is 1. The summed E-state index contributed by atoms with van der Waals surface area (Å²) in [5.41, 5.74) is 0.380. The number of benzene rings is 3. The predicted molar refractivity (Wildman–Crippen MR) is 253 cm³/mol. The number of ether oxygens (including phenoxy) is 5. The molecular formula is C52H64N2O13. The molecule has 2 aliphatic heterocycles. The number of carbonyl (C=O) groups excluding carboxylic acids is 4. The van der Waals surface area contributed by atoms with Crippen LogP contribution in [0.4, 0.5) is 5.69 Å². The number of rotatable bonds is 5. The molecule has 6 rings (SSSR count). The van der Waals surface area contributed by atoms with Crippen molar-refractivity contribution < 1.29 is 63.3 Å². The van der Waals surface area contributed by atoms with Crippen molar-refractivity contribution in [1.82, 2.24) is 4.57 Å². The van der Waals surface area contributed by atoms with Crippen LogP contribution < -0.4 is 10.1 Å². The largest absolute Gasteiger partial charge is 0.507 e. The summed E-state index contributed by atoms with van der Waals surface area (Å²) in [5.74, 6) is -8.49. The third-order valence-corrected chi connectivity index (χ3v) is 13.1. The molecule has 2 aliphatic rings. The lowest BCUT2D eigenvalue weighted by Gasteiger charge is -2.38. The van der Waals surface area contributed by atoms with Gasteiger partial charge < -0.3 is 54.0 Å². The number of aromatic hydroxyl groups is 2. The van der Waals surface area contributed by atoms with E-state index < -0.39 is 94.6 Å². The number of allylic oxidation sites excluding steroid dienone is 2. The van der Waals surface area contributed by atoms with E-state index in [0.717, 1.165) is 5.56 Å². The summed E-state index contributed by atoms with van der Waals surface area (Å²) in [6.07, 6.45) is 3.58. The first-order chi connectivity index (χ1) is 31.3. The van der Waals surface area contributed by atoms with Gasteiger partial charge in [-0.1, -0.05) is 76.3 Å². The van der Waals surface area contributed by atoms with Crippen LogP contribution in [0.3, 0.4) is 0 Å². The van der Waals surface area contributed by atoms with E-state index in [1.54, 1.807) is 72.1 Å². The first kappa shape index (κ1) is 50.3. The summed E-state index contributed by atoms with van der Waals surface area (Å²) >= 11 is 0. The van der Waals surface area contributed by atoms with Crippen LogP contribution in [0.25, 0.3) is 21.7 Å². The normalized spacial score (nSPS) is 27.3. The SMILES string of the molecule is COC1/C=C/OC2(C)Oc3c(C)c(O)c4c(O)c(c5c(C(=O)OC(C)(C)C)c(C)n(Cc6ccccc6)c5c4c3C2=O)NC(=O)C(C)=C/C=C\C(C)C(O)C(C)C(O)C(C)C(OC(C)=O)C1C. The summed E-state index contributed by atoms with van der Waals surface area (Å²) in [6.45, 7) is 19.6. The average Bonchev–Trinajstić information content (AvgIpc) is 3.70. The van der Waals surface area contributed by atoms with Gasteiger partial charge in [0.15, 0.2) is 5.75 Å². The predicted octanol–water partition coefficient (Wildman–Crippen LogP) is 8.32. The Balaban J connectivity index is 1.69. The number of methoxy groups -OCH3 is 1. The Morgan fingerprint density at radius 1 is 0.896 bits per heavy atom. The molecule has 3 aromatic carbocycles. The monoisotopic (exact) mass is 924 g/mol. The van der Waals surface area contributed by atoms with Gasteiger partial charge in [-0.25, -0.2) is 4.79 Å². The lowest BCUT2D eigenvalue weighted by atomic mass is 9.78. The van der Waals surface area contributed by atoms with Crippen LogP contribution in [0.1, 0.15) is 107 Å². The third-order valence-electron chi connectivity index (χ3n) is 13.1. The second kappa shape index (κ2) is 19.2. The van der Waals surface area contributed by atoms with E-state index in [9.17, 15) is 34.8 Å². The number of phenolic OH excluding ortho intramolecular Hbond substituents is 2. The van der Waals surface area contributed by atoms with Gasteiger partial charge in [0.2, 0.25) is 0 Å². The molecule has 9 unspecified atom stereocenters. The number of esters is 2. The first-order valence-corrected chi connectivity index (χ1v) is 22.5. The van der Waals surface area contributed by atoms with E-state index in [1.807, 2.05) is 30.3 Å². The maximum atomic E-state index is 15.1. The van der Waals surface area contributed by atoms with E-state index in [2.05, 4.69) is 5.32 Å². The molecule has 0 aliphatic carbocycles. The summed E-state index contributed by atoms with van der Waals surface area (Å²) < 4.78 is 31.9. The Labute approximate surface area is 391 Å². The molecule has 15 nitrogen and oxygen atoms in total. The number of fused-ring (bicyclic) bond motifs is 1. The highest BCUT2D eigenvalue weighted by atomic mass is 16.7. The number of anilines is 1. The van der Waals surface area contributed by atoms with Crippen LogP contribution in [-0.4, -0.2) is 91.5 Å². The number of hydrogen-bond donors (Lipinski definition) is 5. The molecule has 67 heavy (non-hydrogen) atoms. The number of aliphatic hydroxyl groups excluding tert-OH is 2. The molecule has 0 radical (unpaired) electrons. The van der Waals surface area contributed by atoms with Gasteiger partial charge >= 0.3 is 17.7 Å². The van der Waals surface area contributed by atoms with Crippen molar-refractivity contribution in [2.45, 2.75) is 125 Å². The summed E-state index contributed by atoms with van der Waals surface area (Å²) in [4.78, 5) is 56.4. The molecule has 1 aromatic heterocycles. The fourth-order valence-corrected chi connectivity index (χ4v) is 9.26. The molecule has 0 saturated carbocycles. The lowest BCUT2D eigenvalue weighted by Crippen LogP contribution is -2.46. The standard InChI is InChI=1S/C52H64N2O13/c1-25-18-17-19-26(2)49(61)53-40-37-35(50(62)67-51(9,10)11)31(7)54(24-33-20-15-14-16-21-33)41(37)36-38(45(40)59)44(58)30(6)47-39(36)48(60)52(12,66-47)64-23-22-34(63-13)27(3)46(65-32(8)55)29(5)43(57)28(4)42(25)56/h14-23,25,27-29,34,42-43,46,56-59H,24H2,1-13H3,(H,53,61)/b18-17-,23-22+,26-19?. The van der Waals surface area contributed by atoms with E-state index in [-0.39, 0.29) is 61.9 Å². The number of nitrogens with zero attached hydrogens (tertiary/aromatic N) is 1. The number of aliphatic hydroxyl groups is 2. The molecule has 5 N–H and O–H groups in total.